The highest BCUT2D eigenvalue weighted by atomic mass is 79.9. The first-order valence-electron chi connectivity index (χ1n) is 8.68. The van der Waals surface area contributed by atoms with Gasteiger partial charge in [0.2, 0.25) is 0 Å². The summed E-state index contributed by atoms with van der Waals surface area (Å²) in [5.41, 5.74) is 0.991. The second kappa shape index (κ2) is 7.56. The van der Waals surface area contributed by atoms with Crippen molar-refractivity contribution in [1.82, 2.24) is 5.32 Å². The van der Waals surface area contributed by atoms with E-state index in [-0.39, 0.29) is 17.7 Å². The molecule has 2 aliphatic rings. The van der Waals surface area contributed by atoms with Gasteiger partial charge in [0.05, 0.1) is 45.1 Å². The second-order valence-corrected chi connectivity index (χ2v) is 7.62. The molecule has 0 radical (unpaired) electrons. The zero-order valence-corrected chi connectivity index (χ0v) is 16.2. The predicted octanol–water partition coefficient (Wildman–Crippen LogP) is 3.12. The van der Waals surface area contributed by atoms with Gasteiger partial charge in [-0.2, -0.15) is 0 Å². The fourth-order valence-corrected chi connectivity index (χ4v) is 3.64. The van der Waals surface area contributed by atoms with Crippen LogP contribution in [0.25, 0.3) is 0 Å². The van der Waals surface area contributed by atoms with E-state index >= 15 is 0 Å². The molecule has 0 spiro atoms. The first kappa shape index (κ1) is 17.8. The number of methoxy groups -OCH3 is 1. The summed E-state index contributed by atoms with van der Waals surface area (Å²) in [6.07, 6.45) is -0.0353. The molecule has 0 aliphatic carbocycles. The number of benzene rings is 2. The first-order valence-corrected chi connectivity index (χ1v) is 9.48. The summed E-state index contributed by atoms with van der Waals surface area (Å²) in [5.74, 6) is 1.70. The molecule has 0 saturated carbocycles. The average molecular weight is 420 g/mol. The van der Waals surface area contributed by atoms with E-state index < -0.39 is 0 Å². The highest BCUT2D eigenvalue weighted by Crippen LogP contribution is 2.33. The van der Waals surface area contributed by atoms with Crippen LogP contribution in [0.5, 0.6) is 11.5 Å². The van der Waals surface area contributed by atoms with E-state index in [0.29, 0.717) is 26.4 Å². The minimum Gasteiger partial charge on any atom is -0.497 e. The Morgan fingerprint density at radius 1 is 0.962 bits per heavy atom. The van der Waals surface area contributed by atoms with Gasteiger partial charge in [-0.3, -0.25) is 5.32 Å². The summed E-state index contributed by atoms with van der Waals surface area (Å²) in [6, 6.07) is 16.1. The van der Waals surface area contributed by atoms with Gasteiger partial charge in [-0.25, -0.2) is 0 Å². The van der Waals surface area contributed by atoms with Crippen LogP contribution in [0.15, 0.2) is 53.0 Å². The summed E-state index contributed by atoms with van der Waals surface area (Å²) < 4.78 is 23.7. The molecule has 6 heteroatoms. The Balaban J connectivity index is 1.47. The smallest absolute Gasteiger partial charge is 0.139 e. The summed E-state index contributed by atoms with van der Waals surface area (Å²) in [7, 11) is 1.68. The number of ether oxygens (including phenoxy) is 4. The van der Waals surface area contributed by atoms with E-state index in [1.807, 2.05) is 36.4 Å². The van der Waals surface area contributed by atoms with Gasteiger partial charge in [0.25, 0.3) is 0 Å². The molecule has 26 heavy (non-hydrogen) atoms. The molecule has 0 unspecified atom stereocenters. The van der Waals surface area contributed by atoms with Gasteiger partial charge in [-0.05, 0) is 42.0 Å². The molecule has 0 aromatic heterocycles. The van der Waals surface area contributed by atoms with E-state index in [0.717, 1.165) is 16.0 Å². The highest BCUT2D eigenvalue weighted by Gasteiger charge is 2.45. The van der Waals surface area contributed by atoms with Crippen LogP contribution in [0.1, 0.15) is 5.56 Å². The van der Waals surface area contributed by atoms with Crippen LogP contribution >= 0.6 is 15.9 Å². The molecule has 2 saturated heterocycles. The summed E-state index contributed by atoms with van der Waals surface area (Å²) in [6.45, 7) is 2.48. The number of nitrogens with one attached hydrogen (secondary N) is 1. The molecule has 5 nitrogen and oxygen atoms in total. The Kier molecular flexibility index (Phi) is 5.18. The molecule has 1 N–H and O–H groups in total. The van der Waals surface area contributed by atoms with Crippen LogP contribution in [0.3, 0.4) is 0 Å². The monoisotopic (exact) mass is 419 g/mol. The number of hydrogen-bond donors (Lipinski definition) is 1. The molecular weight excluding hydrogens is 398 g/mol. The van der Waals surface area contributed by atoms with Crippen molar-refractivity contribution >= 4 is 15.9 Å². The Morgan fingerprint density at radius 2 is 1.65 bits per heavy atom. The van der Waals surface area contributed by atoms with Crippen LogP contribution in [0.2, 0.25) is 0 Å². The number of hydrogen-bond acceptors (Lipinski definition) is 5. The molecule has 2 aliphatic heterocycles. The lowest BCUT2D eigenvalue weighted by atomic mass is 9.86. The van der Waals surface area contributed by atoms with Crippen LogP contribution in [-0.4, -0.2) is 45.7 Å². The standard InChI is InChI=1S/C20H22BrNO4/c1-23-16-6-2-14(3-7-16)20(12-25-13-20)22-18-10-24-11-19(18)26-17-8-4-15(21)5-9-17/h2-9,18-19,22H,10-13H2,1H3/t18-,19+/m1/s1. The molecule has 2 heterocycles. The summed E-state index contributed by atoms with van der Waals surface area (Å²) in [4.78, 5) is 0. The van der Waals surface area contributed by atoms with Gasteiger partial charge in [-0.15, -0.1) is 0 Å². The van der Waals surface area contributed by atoms with Gasteiger partial charge >= 0.3 is 0 Å². The molecule has 2 atom stereocenters. The predicted molar refractivity (Wildman–Crippen MR) is 102 cm³/mol. The van der Waals surface area contributed by atoms with E-state index in [1.165, 1.54) is 5.56 Å². The van der Waals surface area contributed by atoms with Crippen molar-refractivity contribution in [3.63, 3.8) is 0 Å². The zero-order chi connectivity index (χ0) is 18.0. The van der Waals surface area contributed by atoms with Crippen molar-refractivity contribution in [3.8, 4) is 11.5 Å². The van der Waals surface area contributed by atoms with Crippen molar-refractivity contribution in [1.29, 1.82) is 0 Å². The fourth-order valence-electron chi connectivity index (χ4n) is 3.38. The first-order chi connectivity index (χ1) is 12.7. The fraction of sp³-hybridized carbons (Fsp3) is 0.400. The van der Waals surface area contributed by atoms with Crippen LogP contribution < -0.4 is 14.8 Å². The third-order valence-corrected chi connectivity index (χ3v) is 5.46. The van der Waals surface area contributed by atoms with E-state index in [1.54, 1.807) is 7.11 Å². The van der Waals surface area contributed by atoms with Gasteiger partial charge < -0.3 is 18.9 Å². The quantitative estimate of drug-likeness (QED) is 0.779. The summed E-state index contributed by atoms with van der Waals surface area (Å²) >= 11 is 3.45. The van der Waals surface area contributed by atoms with E-state index in [9.17, 15) is 0 Å². The molecule has 4 rings (SSSR count). The lowest BCUT2D eigenvalue weighted by molar-refractivity contribution is -0.0874. The molecule has 2 aromatic rings. The highest BCUT2D eigenvalue weighted by molar-refractivity contribution is 9.10. The Labute approximate surface area is 161 Å². The average Bonchev–Trinajstić information content (AvgIpc) is 3.07. The van der Waals surface area contributed by atoms with E-state index in [4.69, 9.17) is 18.9 Å². The van der Waals surface area contributed by atoms with Gasteiger partial charge in [0.15, 0.2) is 0 Å². The third-order valence-electron chi connectivity index (χ3n) is 4.93. The zero-order valence-electron chi connectivity index (χ0n) is 14.6. The molecule has 2 aromatic carbocycles. The molecule has 2 fully saturated rings. The van der Waals surface area contributed by atoms with Gasteiger partial charge in [0, 0.05) is 4.47 Å². The Hall–Kier alpha value is -1.60. The second-order valence-electron chi connectivity index (χ2n) is 6.70. The largest absolute Gasteiger partial charge is 0.497 e. The molecule has 0 amide bonds. The van der Waals surface area contributed by atoms with Gasteiger partial charge in [-0.1, -0.05) is 28.1 Å². The normalized spacial score (nSPS) is 24.1. The Bertz CT molecular complexity index is 730. The Morgan fingerprint density at radius 3 is 2.27 bits per heavy atom. The maximum atomic E-state index is 6.16. The maximum Gasteiger partial charge on any atom is 0.139 e. The topological polar surface area (TPSA) is 49.0 Å². The minimum absolute atomic E-state index is 0.0353. The summed E-state index contributed by atoms with van der Waals surface area (Å²) in [5, 5.41) is 3.74. The third kappa shape index (κ3) is 3.60. The lowest BCUT2D eigenvalue weighted by Gasteiger charge is -2.45. The van der Waals surface area contributed by atoms with Gasteiger partial charge in [0.1, 0.15) is 17.6 Å². The minimum atomic E-state index is -0.202. The van der Waals surface area contributed by atoms with Crippen molar-refractivity contribution < 1.29 is 18.9 Å². The van der Waals surface area contributed by atoms with Crippen molar-refractivity contribution in [2.24, 2.45) is 0 Å². The maximum absolute atomic E-state index is 6.16. The lowest BCUT2D eigenvalue weighted by Crippen LogP contribution is -2.63. The van der Waals surface area contributed by atoms with Crippen molar-refractivity contribution in [2.45, 2.75) is 17.7 Å². The molecule has 0 bridgehead atoms. The SMILES string of the molecule is COc1ccc(C2(N[C@@H]3COC[C@@H]3Oc3ccc(Br)cc3)COC2)cc1. The molecule has 138 valence electrons. The van der Waals surface area contributed by atoms with E-state index in [2.05, 4.69) is 33.4 Å². The van der Waals surface area contributed by atoms with Crippen LogP contribution in [0, 0.1) is 0 Å². The van der Waals surface area contributed by atoms with Crippen LogP contribution in [0.4, 0.5) is 0 Å². The molecular formula is C20H22BrNO4. The number of halogens is 1. The van der Waals surface area contributed by atoms with Crippen LogP contribution in [-0.2, 0) is 15.0 Å². The van der Waals surface area contributed by atoms with Crippen molar-refractivity contribution in [3.05, 3.63) is 58.6 Å². The number of rotatable bonds is 6. The van der Waals surface area contributed by atoms with Crippen molar-refractivity contribution in [2.75, 3.05) is 33.5 Å².